The quantitative estimate of drug-likeness (QED) is 0.829. The fourth-order valence-corrected chi connectivity index (χ4v) is 2.41. The Hall–Kier alpha value is -0.870. The van der Waals surface area contributed by atoms with E-state index in [2.05, 4.69) is 34.5 Å². The van der Waals surface area contributed by atoms with Gasteiger partial charge in [-0.05, 0) is 32.7 Å². The predicted molar refractivity (Wildman–Crippen MR) is 64.9 cm³/mol. The van der Waals surface area contributed by atoms with E-state index >= 15 is 0 Å². The van der Waals surface area contributed by atoms with Crippen LogP contribution in [-0.2, 0) is 13.1 Å². The first-order chi connectivity index (χ1) is 7.70. The molecule has 0 bridgehead atoms. The highest BCUT2D eigenvalue weighted by molar-refractivity contribution is 4.94. The van der Waals surface area contributed by atoms with Crippen molar-refractivity contribution in [2.45, 2.75) is 39.4 Å². The maximum atomic E-state index is 5.94. The van der Waals surface area contributed by atoms with E-state index in [-0.39, 0.29) is 0 Å². The molecule has 0 spiro atoms. The Morgan fingerprint density at radius 3 is 3.06 bits per heavy atom. The lowest BCUT2D eigenvalue weighted by Gasteiger charge is -2.17. The number of likely N-dealkylation sites (tertiary alicyclic amines) is 1. The zero-order valence-corrected chi connectivity index (χ0v) is 10.3. The zero-order valence-electron chi connectivity index (χ0n) is 10.3. The molecule has 0 saturated carbocycles. The Morgan fingerprint density at radius 1 is 1.62 bits per heavy atom. The van der Waals surface area contributed by atoms with Gasteiger partial charge in [-0.3, -0.25) is 4.90 Å². The van der Waals surface area contributed by atoms with Crippen LogP contribution in [0.25, 0.3) is 0 Å². The number of nitrogens with two attached hydrogens (primary N) is 1. The molecular formula is C12H22N4. The largest absolute Gasteiger partial charge is 0.334 e. The van der Waals surface area contributed by atoms with Gasteiger partial charge in [0.2, 0.25) is 0 Å². The number of imidazole rings is 1. The van der Waals surface area contributed by atoms with Gasteiger partial charge in [0.15, 0.2) is 0 Å². The van der Waals surface area contributed by atoms with Crippen molar-refractivity contribution in [2.75, 3.05) is 13.1 Å². The van der Waals surface area contributed by atoms with Gasteiger partial charge in [0.05, 0.1) is 6.54 Å². The maximum Gasteiger partial charge on any atom is 0.122 e. The highest BCUT2D eigenvalue weighted by Gasteiger charge is 2.25. The molecule has 16 heavy (non-hydrogen) atoms. The highest BCUT2D eigenvalue weighted by Crippen LogP contribution is 2.20. The minimum absolute atomic E-state index is 0.316. The Labute approximate surface area is 97.4 Å². The number of hydrogen-bond acceptors (Lipinski definition) is 3. The summed E-state index contributed by atoms with van der Waals surface area (Å²) in [6, 6.07) is 0.316. The van der Waals surface area contributed by atoms with Crippen LogP contribution in [-0.4, -0.2) is 33.6 Å². The van der Waals surface area contributed by atoms with Crippen LogP contribution in [0.15, 0.2) is 12.4 Å². The Kier molecular flexibility index (Phi) is 3.61. The lowest BCUT2D eigenvalue weighted by atomic mass is 10.0. The first-order valence-corrected chi connectivity index (χ1v) is 6.18. The normalized spacial score (nSPS) is 23.8. The molecule has 90 valence electrons. The van der Waals surface area contributed by atoms with Crippen molar-refractivity contribution in [3.05, 3.63) is 18.2 Å². The van der Waals surface area contributed by atoms with Crippen LogP contribution in [0.3, 0.4) is 0 Å². The third-order valence-corrected chi connectivity index (χ3v) is 3.56. The molecule has 2 N–H and O–H groups in total. The molecule has 0 radical (unpaired) electrons. The van der Waals surface area contributed by atoms with Gasteiger partial charge in [-0.15, -0.1) is 0 Å². The summed E-state index contributed by atoms with van der Waals surface area (Å²) >= 11 is 0. The van der Waals surface area contributed by atoms with Crippen LogP contribution < -0.4 is 5.73 Å². The van der Waals surface area contributed by atoms with Crippen molar-refractivity contribution in [1.82, 2.24) is 14.5 Å². The van der Waals surface area contributed by atoms with E-state index in [4.69, 9.17) is 5.73 Å². The molecule has 2 rings (SSSR count). The molecule has 1 aliphatic heterocycles. The molecule has 2 atom stereocenters. The fraction of sp³-hybridized carbons (Fsp3) is 0.750. The average molecular weight is 222 g/mol. The molecule has 0 aromatic carbocycles. The van der Waals surface area contributed by atoms with Gasteiger partial charge in [0, 0.05) is 31.5 Å². The highest BCUT2D eigenvalue weighted by atomic mass is 15.2. The molecule has 0 aliphatic carbocycles. The third-order valence-electron chi connectivity index (χ3n) is 3.56. The number of hydrogen-bond donors (Lipinski definition) is 1. The summed E-state index contributed by atoms with van der Waals surface area (Å²) < 4.78 is 2.21. The van der Waals surface area contributed by atoms with Gasteiger partial charge in [-0.25, -0.2) is 4.98 Å². The van der Waals surface area contributed by atoms with Gasteiger partial charge in [0.25, 0.3) is 0 Å². The summed E-state index contributed by atoms with van der Waals surface area (Å²) in [6.45, 7) is 8.50. The van der Waals surface area contributed by atoms with Crippen molar-refractivity contribution in [3.63, 3.8) is 0 Å². The second kappa shape index (κ2) is 4.97. The van der Waals surface area contributed by atoms with Crippen LogP contribution in [0.5, 0.6) is 0 Å². The van der Waals surface area contributed by atoms with Crippen LogP contribution >= 0.6 is 0 Å². The summed E-state index contributed by atoms with van der Waals surface area (Å²) in [5.74, 6) is 1.83. The summed E-state index contributed by atoms with van der Waals surface area (Å²) in [5, 5.41) is 0. The summed E-state index contributed by atoms with van der Waals surface area (Å²) in [4.78, 5) is 6.87. The van der Waals surface area contributed by atoms with Gasteiger partial charge >= 0.3 is 0 Å². The van der Waals surface area contributed by atoms with Gasteiger partial charge < -0.3 is 10.3 Å². The second-order valence-corrected chi connectivity index (χ2v) is 4.77. The minimum Gasteiger partial charge on any atom is -0.334 e. The molecular weight excluding hydrogens is 200 g/mol. The standard InChI is InChI=1S/C12H22N4/c1-3-16-7-5-14-12(16)9-15-6-4-11(8-15)10(2)13/h5,7,10-11H,3-4,6,8-9,13H2,1-2H3. The lowest BCUT2D eigenvalue weighted by molar-refractivity contribution is 0.296. The summed E-state index contributed by atoms with van der Waals surface area (Å²) in [6.07, 6.45) is 5.16. The van der Waals surface area contributed by atoms with Crippen molar-refractivity contribution in [3.8, 4) is 0 Å². The van der Waals surface area contributed by atoms with Crippen molar-refractivity contribution in [1.29, 1.82) is 0 Å². The Morgan fingerprint density at radius 2 is 2.44 bits per heavy atom. The van der Waals surface area contributed by atoms with E-state index in [0.717, 1.165) is 26.2 Å². The van der Waals surface area contributed by atoms with E-state index < -0.39 is 0 Å². The minimum atomic E-state index is 0.316. The van der Waals surface area contributed by atoms with Gasteiger partial charge in [-0.1, -0.05) is 0 Å². The molecule has 1 aromatic heterocycles. The van der Waals surface area contributed by atoms with Crippen molar-refractivity contribution in [2.24, 2.45) is 11.7 Å². The number of rotatable bonds is 4. The number of nitrogens with zero attached hydrogens (tertiary/aromatic N) is 3. The maximum absolute atomic E-state index is 5.94. The molecule has 4 nitrogen and oxygen atoms in total. The fourth-order valence-electron chi connectivity index (χ4n) is 2.41. The molecule has 1 saturated heterocycles. The number of aromatic nitrogens is 2. The second-order valence-electron chi connectivity index (χ2n) is 4.77. The molecule has 0 amide bonds. The smallest absolute Gasteiger partial charge is 0.122 e. The number of aryl methyl sites for hydroxylation is 1. The Bertz CT molecular complexity index is 332. The van der Waals surface area contributed by atoms with E-state index in [1.54, 1.807) is 0 Å². The van der Waals surface area contributed by atoms with E-state index in [1.165, 1.54) is 12.2 Å². The zero-order chi connectivity index (χ0) is 11.5. The monoisotopic (exact) mass is 222 g/mol. The summed E-state index contributed by atoms with van der Waals surface area (Å²) in [7, 11) is 0. The molecule has 1 aliphatic rings. The van der Waals surface area contributed by atoms with E-state index in [0.29, 0.717) is 12.0 Å². The SMILES string of the molecule is CCn1ccnc1CN1CCC(C(C)N)C1. The van der Waals surface area contributed by atoms with Crippen molar-refractivity contribution < 1.29 is 0 Å². The first kappa shape index (κ1) is 11.6. The van der Waals surface area contributed by atoms with E-state index in [9.17, 15) is 0 Å². The predicted octanol–water partition coefficient (Wildman–Crippen LogP) is 1.07. The van der Waals surface area contributed by atoms with Crippen molar-refractivity contribution >= 4 is 0 Å². The van der Waals surface area contributed by atoms with Gasteiger partial charge in [0.1, 0.15) is 5.82 Å². The topological polar surface area (TPSA) is 47.1 Å². The Balaban J connectivity index is 1.92. The third kappa shape index (κ3) is 2.44. The van der Waals surface area contributed by atoms with Crippen LogP contribution in [0, 0.1) is 5.92 Å². The molecule has 4 heteroatoms. The van der Waals surface area contributed by atoms with E-state index in [1.807, 2.05) is 6.20 Å². The molecule has 1 aromatic rings. The molecule has 1 fully saturated rings. The van der Waals surface area contributed by atoms with Crippen LogP contribution in [0.2, 0.25) is 0 Å². The summed E-state index contributed by atoms with van der Waals surface area (Å²) in [5.41, 5.74) is 5.94. The van der Waals surface area contributed by atoms with Crippen LogP contribution in [0.1, 0.15) is 26.1 Å². The van der Waals surface area contributed by atoms with Crippen LogP contribution in [0.4, 0.5) is 0 Å². The molecule has 2 unspecified atom stereocenters. The van der Waals surface area contributed by atoms with Gasteiger partial charge in [-0.2, -0.15) is 0 Å². The molecule has 2 heterocycles. The average Bonchev–Trinajstić information content (AvgIpc) is 2.87. The lowest BCUT2D eigenvalue weighted by Crippen LogP contribution is -2.30. The first-order valence-electron chi connectivity index (χ1n) is 6.18.